The molecule has 1 saturated carbocycles. The van der Waals surface area contributed by atoms with Gasteiger partial charge in [-0.1, -0.05) is 25.0 Å². The summed E-state index contributed by atoms with van der Waals surface area (Å²) < 4.78 is 18.2. The summed E-state index contributed by atoms with van der Waals surface area (Å²) >= 11 is 1.21. The van der Waals surface area contributed by atoms with Gasteiger partial charge < -0.3 is 15.2 Å². The number of methoxy groups -OCH3 is 1. The number of ether oxygens (including phenoxy) is 1. The minimum Gasteiger partial charge on any atom is -0.481 e. The highest BCUT2D eigenvalue weighted by atomic mass is 32.1. The van der Waals surface area contributed by atoms with Crippen LogP contribution in [0.3, 0.4) is 0 Å². The SMILES string of the molecule is COC(=O)c1c(NC(=O)[C@H]2CCCC[C@H]2C(=O)O)sc(C)c1-c1ccc(F)cc1. The molecule has 1 heterocycles. The molecule has 8 heteroatoms. The van der Waals surface area contributed by atoms with E-state index in [4.69, 9.17) is 4.74 Å². The molecular weight excluding hydrogens is 397 g/mol. The molecule has 2 atom stereocenters. The van der Waals surface area contributed by atoms with E-state index in [1.807, 2.05) is 0 Å². The van der Waals surface area contributed by atoms with Crippen LogP contribution >= 0.6 is 11.3 Å². The molecule has 29 heavy (non-hydrogen) atoms. The first kappa shape index (κ1) is 21.0. The molecule has 1 amide bonds. The predicted octanol–water partition coefficient (Wildman–Crippen LogP) is 4.48. The van der Waals surface area contributed by atoms with Gasteiger partial charge in [-0.05, 0) is 37.5 Å². The number of hydrogen-bond donors (Lipinski definition) is 2. The largest absolute Gasteiger partial charge is 0.481 e. The predicted molar refractivity (Wildman–Crippen MR) is 108 cm³/mol. The first-order valence-corrected chi connectivity index (χ1v) is 10.2. The lowest BCUT2D eigenvalue weighted by atomic mass is 9.78. The monoisotopic (exact) mass is 419 g/mol. The van der Waals surface area contributed by atoms with Gasteiger partial charge in [-0.25, -0.2) is 9.18 Å². The normalized spacial score (nSPS) is 18.9. The number of amides is 1. The van der Waals surface area contributed by atoms with Crippen LogP contribution in [0.1, 0.15) is 40.9 Å². The molecule has 6 nitrogen and oxygen atoms in total. The Balaban J connectivity index is 1.98. The van der Waals surface area contributed by atoms with E-state index in [0.29, 0.717) is 29.0 Å². The van der Waals surface area contributed by atoms with E-state index in [9.17, 15) is 23.9 Å². The molecule has 2 N–H and O–H groups in total. The summed E-state index contributed by atoms with van der Waals surface area (Å²) in [6, 6.07) is 5.71. The Bertz CT molecular complexity index is 937. The summed E-state index contributed by atoms with van der Waals surface area (Å²) in [6.07, 6.45) is 2.52. The Morgan fingerprint density at radius 3 is 2.34 bits per heavy atom. The fraction of sp³-hybridized carbons (Fsp3) is 0.381. The van der Waals surface area contributed by atoms with Gasteiger partial charge in [-0.15, -0.1) is 11.3 Å². The quantitative estimate of drug-likeness (QED) is 0.697. The number of thiophene rings is 1. The Labute approximate surface area is 171 Å². The first-order chi connectivity index (χ1) is 13.8. The molecule has 0 saturated heterocycles. The maximum Gasteiger partial charge on any atom is 0.341 e. The summed E-state index contributed by atoms with van der Waals surface area (Å²) in [6.45, 7) is 1.80. The summed E-state index contributed by atoms with van der Waals surface area (Å²) in [5.74, 6) is -3.79. The van der Waals surface area contributed by atoms with Gasteiger partial charge in [0.15, 0.2) is 0 Å². The lowest BCUT2D eigenvalue weighted by molar-refractivity contribution is -0.147. The highest BCUT2D eigenvalue weighted by Gasteiger charge is 2.36. The molecular formula is C21H22FNO5S. The molecule has 1 aliphatic rings. The number of nitrogens with one attached hydrogen (secondary N) is 1. The third kappa shape index (κ3) is 4.32. The van der Waals surface area contributed by atoms with Gasteiger partial charge in [-0.2, -0.15) is 0 Å². The number of carbonyl (C=O) groups is 3. The third-order valence-electron chi connectivity index (χ3n) is 5.26. The van der Waals surface area contributed by atoms with Gasteiger partial charge >= 0.3 is 11.9 Å². The van der Waals surface area contributed by atoms with Crippen molar-refractivity contribution in [2.24, 2.45) is 11.8 Å². The van der Waals surface area contributed by atoms with Crippen molar-refractivity contribution >= 4 is 34.2 Å². The lowest BCUT2D eigenvalue weighted by Crippen LogP contribution is -2.36. The maximum absolute atomic E-state index is 13.3. The molecule has 1 aromatic carbocycles. The summed E-state index contributed by atoms with van der Waals surface area (Å²) in [4.78, 5) is 37.7. The van der Waals surface area contributed by atoms with Crippen molar-refractivity contribution in [3.05, 3.63) is 40.5 Å². The van der Waals surface area contributed by atoms with Crippen LogP contribution < -0.4 is 5.32 Å². The molecule has 1 aliphatic carbocycles. The number of aliphatic carboxylic acids is 1. The van der Waals surface area contributed by atoms with Crippen molar-refractivity contribution in [2.75, 3.05) is 12.4 Å². The number of halogens is 1. The maximum atomic E-state index is 13.3. The van der Waals surface area contributed by atoms with E-state index in [-0.39, 0.29) is 5.56 Å². The Morgan fingerprint density at radius 1 is 1.14 bits per heavy atom. The van der Waals surface area contributed by atoms with Gasteiger partial charge in [0.05, 0.1) is 18.9 Å². The van der Waals surface area contributed by atoms with Gasteiger partial charge in [-0.3, -0.25) is 9.59 Å². The fourth-order valence-corrected chi connectivity index (χ4v) is 4.91. The number of anilines is 1. The average Bonchev–Trinajstić information content (AvgIpc) is 3.03. The Morgan fingerprint density at radius 2 is 1.76 bits per heavy atom. The van der Waals surface area contributed by atoms with Crippen molar-refractivity contribution in [1.82, 2.24) is 0 Å². The molecule has 0 spiro atoms. The molecule has 3 rings (SSSR count). The van der Waals surface area contributed by atoms with Crippen molar-refractivity contribution in [1.29, 1.82) is 0 Å². The molecule has 0 bridgehead atoms. The standard InChI is InChI=1S/C21H22FNO5S/c1-11-16(12-7-9-13(22)10-8-12)17(21(27)28-2)19(29-11)23-18(24)14-5-3-4-6-15(14)20(25)26/h7-10,14-15H,3-6H2,1-2H3,(H,23,24)(H,25,26)/t14-,15+/m0/s1. The molecule has 0 radical (unpaired) electrons. The van der Waals surface area contributed by atoms with Crippen LogP contribution in [-0.2, 0) is 14.3 Å². The van der Waals surface area contributed by atoms with E-state index in [1.165, 1.54) is 30.6 Å². The van der Waals surface area contributed by atoms with E-state index >= 15 is 0 Å². The number of rotatable bonds is 5. The molecule has 0 aliphatic heterocycles. The number of carboxylic acids is 1. The third-order valence-corrected chi connectivity index (χ3v) is 6.28. The van der Waals surface area contributed by atoms with E-state index in [0.717, 1.165) is 17.7 Å². The van der Waals surface area contributed by atoms with Crippen LogP contribution in [0.2, 0.25) is 0 Å². The number of carbonyl (C=O) groups excluding carboxylic acids is 2. The molecule has 0 unspecified atom stereocenters. The number of esters is 1. The second kappa shape index (κ2) is 8.73. The van der Waals surface area contributed by atoms with Crippen LogP contribution in [0.25, 0.3) is 11.1 Å². The van der Waals surface area contributed by atoms with Crippen LogP contribution in [0.4, 0.5) is 9.39 Å². The smallest absolute Gasteiger partial charge is 0.341 e. The zero-order valence-electron chi connectivity index (χ0n) is 16.2. The number of benzene rings is 1. The Kier molecular flexibility index (Phi) is 6.32. The van der Waals surface area contributed by atoms with Crippen molar-refractivity contribution < 1.29 is 28.6 Å². The minimum absolute atomic E-state index is 0.192. The molecule has 1 fully saturated rings. The van der Waals surface area contributed by atoms with Crippen molar-refractivity contribution in [3.63, 3.8) is 0 Å². The van der Waals surface area contributed by atoms with Gasteiger partial charge in [0, 0.05) is 10.4 Å². The van der Waals surface area contributed by atoms with Crippen molar-refractivity contribution in [2.45, 2.75) is 32.6 Å². The zero-order chi connectivity index (χ0) is 21.1. The topological polar surface area (TPSA) is 92.7 Å². The first-order valence-electron chi connectivity index (χ1n) is 9.34. The number of aryl methyl sites for hydroxylation is 1. The summed E-state index contributed by atoms with van der Waals surface area (Å²) in [5.41, 5.74) is 1.38. The van der Waals surface area contributed by atoms with Crippen LogP contribution in [0.15, 0.2) is 24.3 Å². The molecule has 2 aromatic rings. The van der Waals surface area contributed by atoms with Crippen LogP contribution in [0.5, 0.6) is 0 Å². The van der Waals surface area contributed by atoms with Gasteiger partial charge in [0.1, 0.15) is 16.4 Å². The number of carboxylic acid groups (broad SMARTS) is 1. The second-order valence-corrected chi connectivity index (χ2v) is 8.29. The van der Waals surface area contributed by atoms with Crippen molar-refractivity contribution in [3.8, 4) is 11.1 Å². The minimum atomic E-state index is -0.979. The number of hydrogen-bond acceptors (Lipinski definition) is 5. The highest BCUT2D eigenvalue weighted by molar-refractivity contribution is 7.17. The van der Waals surface area contributed by atoms with Gasteiger partial charge in [0.2, 0.25) is 5.91 Å². The summed E-state index contributed by atoms with van der Waals surface area (Å²) in [7, 11) is 1.25. The van der Waals surface area contributed by atoms with Crippen LogP contribution in [0, 0.1) is 24.6 Å². The van der Waals surface area contributed by atoms with Crippen LogP contribution in [-0.4, -0.2) is 30.1 Å². The van der Waals surface area contributed by atoms with E-state index < -0.39 is 35.5 Å². The molecule has 1 aromatic heterocycles. The average molecular weight is 419 g/mol. The second-order valence-electron chi connectivity index (χ2n) is 7.06. The van der Waals surface area contributed by atoms with E-state index in [2.05, 4.69) is 5.32 Å². The molecule has 154 valence electrons. The summed E-state index contributed by atoms with van der Waals surface area (Å²) in [5, 5.41) is 12.5. The van der Waals surface area contributed by atoms with E-state index in [1.54, 1.807) is 19.1 Å². The highest BCUT2D eigenvalue weighted by Crippen LogP contribution is 2.41. The van der Waals surface area contributed by atoms with Gasteiger partial charge in [0.25, 0.3) is 0 Å². The lowest BCUT2D eigenvalue weighted by Gasteiger charge is -2.27. The Hall–Kier alpha value is -2.74. The fourth-order valence-electron chi connectivity index (χ4n) is 3.84. The zero-order valence-corrected chi connectivity index (χ0v) is 17.0.